The normalized spacial score (nSPS) is 15.2. The predicted octanol–water partition coefficient (Wildman–Crippen LogP) is 1.12. The summed E-state index contributed by atoms with van der Waals surface area (Å²) in [5, 5.41) is 12.1. The monoisotopic (exact) mass is 256 g/mol. The Morgan fingerprint density at radius 3 is 3.05 bits per heavy atom. The molecule has 1 aliphatic rings. The summed E-state index contributed by atoms with van der Waals surface area (Å²) < 4.78 is 7.14. The fraction of sp³-hybridized carbons (Fsp3) is 0.333. The van der Waals surface area contributed by atoms with Crippen LogP contribution in [0.15, 0.2) is 22.9 Å². The van der Waals surface area contributed by atoms with E-state index >= 15 is 0 Å². The zero-order chi connectivity index (χ0) is 12.8. The van der Waals surface area contributed by atoms with Crippen LogP contribution in [0.5, 0.6) is 0 Å². The van der Waals surface area contributed by atoms with Crippen molar-refractivity contribution in [1.29, 1.82) is 0 Å². The van der Waals surface area contributed by atoms with E-state index in [4.69, 9.17) is 10.3 Å². The van der Waals surface area contributed by atoms with Crippen molar-refractivity contribution in [2.24, 2.45) is 5.73 Å². The molecule has 2 N–H and O–H groups in total. The fourth-order valence-electron chi connectivity index (χ4n) is 2.07. The van der Waals surface area contributed by atoms with E-state index in [1.54, 1.807) is 0 Å². The van der Waals surface area contributed by atoms with Gasteiger partial charge in [-0.15, -0.1) is 10.2 Å². The maximum atomic E-state index is 5.59. The topological polar surface area (TPSA) is 95.1 Å². The van der Waals surface area contributed by atoms with Crippen molar-refractivity contribution in [1.82, 2.24) is 24.7 Å². The van der Waals surface area contributed by atoms with Crippen LogP contribution in [0.1, 0.15) is 30.4 Å². The number of hydrogen-bond acceptors (Lipinski definition) is 6. The molecule has 3 aromatic rings. The van der Waals surface area contributed by atoms with Crippen LogP contribution in [0.25, 0.3) is 17.1 Å². The van der Waals surface area contributed by atoms with Gasteiger partial charge in [0.25, 0.3) is 5.89 Å². The first-order valence-electron chi connectivity index (χ1n) is 6.23. The predicted molar refractivity (Wildman–Crippen MR) is 66.1 cm³/mol. The first-order valence-corrected chi connectivity index (χ1v) is 6.23. The van der Waals surface area contributed by atoms with Gasteiger partial charge in [0.15, 0.2) is 17.3 Å². The van der Waals surface area contributed by atoms with Crippen LogP contribution < -0.4 is 5.73 Å². The van der Waals surface area contributed by atoms with Crippen LogP contribution in [-0.4, -0.2) is 24.7 Å². The molecule has 0 unspecified atom stereocenters. The molecule has 0 spiro atoms. The Morgan fingerprint density at radius 1 is 1.37 bits per heavy atom. The summed E-state index contributed by atoms with van der Waals surface area (Å²) in [6.07, 6.45) is 4.18. The van der Waals surface area contributed by atoms with Crippen molar-refractivity contribution in [3.63, 3.8) is 0 Å². The Labute approximate surface area is 108 Å². The highest BCUT2D eigenvalue weighted by Crippen LogP contribution is 2.38. The molecule has 7 heteroatoms. The number of pyridine rings is 1. The van der Waals surface area contributed by atoms with Gasteiger partial charge in [-0.25, -0.2) is 0 Å². The number of nitrogens with zero attached hydrogens (tertiary/aromatic N) is 5. The number of rotatable bonds is 3. The lowest BCUT2D eigenvalue weighted by atomic mass is 10.2. The van der Waals surface area contributed by atoms with Gasteiger partial charge in [0.05, 0.1) is 6.54 Å². The molecule has 19 heavy (non-hydrogen) atoms. The SMILES string of the molecule is NCc1nnc2cc(-c3nc(C4CC4)no3)ccn12. The van der Waals surface area contributed by atoms with Crippen LogP contribution >= 0.6 is 0 Å². The average Bonchev–Trinajstić information content (AvgIpc) is 3.04. The maximum Gasteiger partial charge on any atom is 0.258 e. The summed E-state index contributed by atoms with van der Waals surface area (Å²) in [5.74, 6) is 2.55. The maximum absolute atomic E-state index is 5.59. The van der Waals surface area contributed by atoms with Gasteiger partial charge in [-0.2, -0.15) is 4.98 Å². The molecule has 0 amide bonds. The summed E-state index contributed by atoms with van der Waals surface area (Å²) in [5.41, 5.74) is 7.16. The zero-order valence-electron chi connectivity index (χ0n) is 10.2. The summed E-state index contributed by atoms with van der Waals surface area (Å²) in [6.45, 7) is 0.354. The summed E-state index contributed by atoms with van der Waals surface area (Å²) in [4.78, 5) is 4.42. The van der Waals surface area contributed by atoms with Crippen molar-refractivity contribution in [2.45, 2.75) is 25.3 Å². The highest BCUT2D eigenvalue weighted by molar-refractivity contribution is 5.59. The van der Waals surface area contributed by atoms with Gasteiger partial charge in [-0.1, -0.05) is 5.16 Å². The Morgan fingerprint density at radius 2 is 2.26 bits per heavy atom. The highest BCUT2D eigenvalue weighted by Gasteiger charge is 2.29. The second kappa shape index (κ2) is 3.86. The van der Waals surface area contributed by atoms with Crippen LogP contribution in [0, 0.1) is 0 Å². The van der Waals surface area contributed by atoms with Gasteiger partial charge >= 0.3 is 0 Å². The molecule has 0 bridgehead atoms. The van der Waals surface area contributed by atoms with Crippen LogP contribution in [0.4, 0.5) is 0 Å². The number of nitrogens with two attached hydrogens (primary N) is 1. The molecule has 0 saturated heterocycles. The molecule has 1 aliphatic carbocycles. The van der Waals surface area contributed by atoms with Gasteiger partial charge in [-0.3, -0.25) is 4.40 Å². The first-order chi connectivity index (χ1) is 9.35. The van der Waals surface area contributed by atoms with Gasteiger partial charge in [0, 0.05) is 17.7 Å². The van der Waals surface area contributed by atoms with Crippen LogP contribution in [0.3, 0.4) is 0 Å². The van der Waals surface area contributed by atoms with Gasteiger partial charge in [0.2, 0.25) is 0 Å². The number of hydrogen-bond donors (Lipinski definition) is 1. The third-order valence-electron chi connectivity index (χ3n) is 3.29. The van der Waals surface area contributed by atoms with Crippen molar-refractivity contribution < 1.29 is 4.52 Å². The molecule has 0 aliphatic heterocycles. The molecular formula is C12H12N6O. The first kappa shape index (κ1) is 10.6. The minimum absolute atomic E-state index is 0.354. The highest BCUT2D eigenvalue weighted by atomic mass is 16.5. The van der Waals surface area contributed by atoms with Gasteiger partial charge in [0.1, 0.15) is 0 Å². The Kier molecular flexibility index (Phi) is 2.16. The van der Waals surface area contributed by atoms with Crippen molar-refractivity contribution in [3.05, 3.63) is 30.0 Å². The van der Waals surface area contributed by atoms with E-state index in [-0.39, 0.29) is 0 Å². The lowest BCUT2D eigenvalue weighted by Crippen LogP contribution is -2.02. The third kappa shape index (κ3) is 1.70. The second-order valence-electron chi connectivity index (χ2n) is 4.70. The fourth-order valence-corrected chi connectivity index (χ4v) is 2.07. The van der Waals surface area contributed by atoms with Crippen molar-refractivity contribution in [2.75, 3.05) is 0 Å². The minimum atomic E-state index is 0.354. The summed E-state index contributed by atoms with van der Waals surface area (Å²) in [6, 6.07) is 3.77. The molecule has 0 radical (unpaired) electrons. The van der Waals surface area contributed by atoms with Crippen LogP contribution in [-0.2, 0) is 6.54 Å². The number of aromatic nitrogens is 5. The average molecular weight is 256 g/mol. The quantitative estimate of drug-likeness (QED) is 0.754. The van der Waals surface area contributed by atoms with E-state index in [9.17, 15) is 0 Å². The van der Waals surface area contributed by atoms with Crippen molar-refractivity contribution in [3.8, 4) is 11.5 Å². The Hall–Kier alpha value is -2.28. The Balaban J connectivity index is 1.77. The molecule has 0 atom stereocenters. The van der Waals surface area contributed by atoms with Gasteiger partial charge in [-0.05, 0) is 25.0 Å². The molecular weight excluding hydrogens is 244 g/mol. The van der Waals surface area contributed by atoms with E-state index in [1.165, 1.54) is 0 Å². The van der Waals surface area contributed by atoms with E-state index in [0.717, 1.165) is 35.7 Å². The standard InChI is InChI=1S/C12H12N6O/c13-6-10-16-15-9-5-8(3-4-18(9)10)12-14-11(17-19-12)7-1-2-7/h3-5,7H,1-2,6,13H2. The molecule has 96 valence electrons. The molecule has 3 heterocycles. The lowest BCUT2D eigenvalue weighted by Gasteiger charge is -1.97. The minimum Gasteiger partial charge on any atom is -0.334 e. The molecule has 7 nitrogen and oxygen atoms in total. The molecule has 4 rings (SSSR count). The Bertz CT molecular complexity index is 742. The van der Waals surface area contributed by atoms with E-state index in [0.29, 0.717) is 18.4 Å². The summed E-state index contributed by atoms with van der Waals surface area (Å²) >= 11 is 0. The molecule has 1 saturated carbocycles. The third-order valence-corrected chi connectivity index (χ3v) is 3.29. The van der Waals surface area contributed by atoms with E-state index < -0.39 is 0 Å². The molecule has 3 aromatic heterocycles. The van der Waals surface area contributed by atoms with Crippen molar-refractivity contribution >= 4 is 5.65 Å². The molecule has 0 aromatic carbocycles. The van der Waals surface area contributed by atoms with Gasteiger partial charge < -0.3 is 10.3 Å². The zero-order valence-corrected chi connectivity index (χ0v) is 10.2. The largest absolute Gasteiger partial charge is 0.334 e. The number of fused-ring (bicyclic) bond motifs is 1. The lowest BCUT2D eigenvalue weighted by molar-refractivity contribution is 0.422. The van der Waals surface area contributed by atoms with Crippen LogP contribution in [0.2, 0.25) is 0 Å². The van der Waals surface area contributed by atoms with E-state index in [2.05, 4.69) is 20.3 Å². The molecule has 1 fully saturated rings. The second-order valence-corrected chi connectivity index (χ2v) is 4.70. The van der Waals surface area contributed by atoms with E-state index in [1.807, 2.05) is 22.7 Å². The smallest absolute Gasteiger partial charge is 0.258 e. The summed E-state index contributed by atoms with van der Waals surface area (Å²) in [7, 11) is 0.